The van der Waals surface area contributed by atoms with Crippen molar-refractivity contribution in [2.24, 2.45) is 5.92 Å². The molecule has 0 saturated heterocycles. The molecular formula is C18H23N3O3. The summed E-state index contributed by atoms with van der Waals surface area (Å²) in [5, 5.41) is 11.7. The van der Waals surface area contributed by atoms with E-state index in [1.54, 1.807) is 0 Å². The Hall–Kier alpha value is -2.55. The number of amides is 2. The van der Waals surface area contributed by atoms with Crippen LogP contribution in [0.3, 0.4) is 0 Å². The fraction of sp³-hybridized carbons (Fsp3) is 0.500. The molecule has 1 aliphatic rings. The van der Waals surface area contributed by atoms with Crippen molar-refractivity contribution in [1.29, 1.82) is 5.26 Å². The van der Waals surface area contributed by atoms with Gasteiger partial charge in [0.2, 0.25) is 5.91 Å². The molecule has 1 aromatic carbocycles. The van der Waals surface area contributed by atoms with Gasteiger partial charge in [0.15, 0.2) is 6.19 Å². The van der Waals surface area contributed by atoms with Crippen molar-refractivity contribution in [2.45, 2.75) is 45.2 Å². The molecule has 0 radical (unpaired) electrons. The monoisotopic (exact) mass is 329 g/mol. The number of alkyl carbamates (subject to hydrolysis) is 1. The van der Waals surface area contributed by atoms with Crippen LogP contribution in [0.4, 0.5) is 4.79 Å². The molecule has 0 aliphatic heterocycles. The molecule has 0 aromatic heterocycles. The Morgan fingerprint density at radius 3 is 2.71 bits per heavy atom. The van der Waals surface area contributed by atoms with Crippen LogP contribution in [-0.4, -0.2) is 29.5 Å². The zero-order chi connectivity index (χ0) is 17.4. The molecule has 1 unspecified atom stereocenters. The third-order valence-electron chi connectivity index (χ3n) is 3.94. The van der Waals surface area contributed by atoms with Crippen molar-refractivity contribution >= 4 is 12.0 Å². The molecule has 128 valence electrons. The van der Waals surface area contributed by atoms with Gasteiger partial charge in [-0.25, -0.2) is 9.69 Å². The SMILES string of the molecule is CC(CCOC(=O)NCc1ccccc1)CC(=O)N(C#N)C1CC1. The summed E-state index contributed by atoms with van der Waals surface area (Å²) in [4.78, 5) is 24.9. The number of carbonyl (C=O) groups is 2. The fourth-order valence-corrected chi connectivity index (χ4v) is 2.35. The molecule has 24 heavy (non-hydrogen) atoms. The lowest BCUT2D eigenvalue weighted by atomic mass is 10.0. The first kappa shape index (κ1) is 17.8. The number of nitrogens with zero attached hydrogens (tertiary/aromatic N) is 2. The lowest BCUT2D eigenvalue weighted by Crippen LogP contribution is -2.30. The zero-order valence-corrected chi connectivity index (χ0v) is 13.9. The van der Waals surface area contributed by atoms with Gasteiger partial charge >= 0.3 is 6.09 Å². The summed E-state index contributed by atoms with van der Waals surface area (Å²) in [7, 11) is 0. The maximum Gasteiger partial charge on any atom is 0.407 e. The zero-order valence-electron chi connectivity index (χ0n) is 13.9. The summed E-state index contributed by atoms with van der Waals surface area (Å²) in [6.07, 6.45) is 4.23. The fourth-order valence-electron chi connectivity index (χ4n) is 2.35. The van der Waals surface area contributed by atoms with Gasteiger partial charge in [-0.2, -0.15) is 5.26 Å². The molecule has 1 saturated carbocycles. The Labute approximate surface area is 142 Å². The van der Waals surface area contributed by atoms with Gasteiger partial charge in [-0.05, 0) is 30.7 Å². The van der Waals surface area contributed by atoms with Crippen LogP contribution in [0.5, 0.6) is 0 Å². The van der Waals surface area contributed by atoms with E-state index in [-0.39, 0.29) is 24.5 Å². The second kappa shape index (κ2) is 8.92. The van der Waals surface area contributed by atoms with Gasteiger partial charge in [-0.15, -0.1) is 0 Å². The molecule has 1 fully saturated rings. The smallest absolute Gasteiger partial charge is 0.407 e. The summed E-state index contributed by atoms with van der Waals surface area (Å²) >= 11 is 0. The summed E-state index contributed by atoms with van der Waals surface area (Å²) in [5.41, 5.74) is 1.00. The highest BCUT2D eigenvalue weighted by Crippen LogP contribution is 2.27. The molecule has 2 rings (SSSR count). The minimum absolute atomic E-state index is 0.0639. The van der Waals surface area contributed by atoms with Crippen LogP contribution in [-0.2, 0) is 16.1 Å². The summed E-state index contributed by atoms with van der Waals surface area (Å²) in [6.45, 7) is 2.60. The number of hydrogen-bond donors (Lipinski definition) is 1. The van der Waals surface area contributed by atoms with Crippen LogP contribution in [0.25, 0.3) is 0 Å². The third-order valence-corrected chi connectivity index (χ3v) is 3.94. The summed E-state index contributed by atoms with van der Waals surface area (Å²) in [6, 6.07) is 9.69. The van der Waals surface area contributed by atoms with Gasteiger partial charge in [0.05, 0.1) is 6.61 Å². The Morgan fingerprint density at radius 1 is 1.38 bits per heavy atom. The van der Waals surface area contributed by atoms with Crippen molar-refractivity contribution in [3.05, 3.63) is 35.9 Å². The quantitative estimate of drug-likeness (QED) is 0.587. The van der Waals surface area contributed by atoms with E-state index < -0.39 is 6.09 Å². The second-order valence-corrected chi connectivity index (χ2v) is 6.17. The highest BCUT2D eigenvalue weighted by atomic mass is 16.5. The number of benzene rings is 1. The Kier molecular flexibility index (Phi) is 6.62. The van der Waals surface area contributed by atoms with Gasteiger partial charge < -0.3 is 10.1 Å². The lowest BCUT2D eigenvalue weighted by Gasteiger charge is -2.16. The molecular weight excluding hydrogens is 306 g/mol. The molecule has 2 amide bonds. The van der Waals surface area contributed by atoms with Gasteiger partial charge in [0.1, 0.15) is 0 Å². The first-order valence-electron chi connectivity index (χ1n) is 8.26. The van der Waals surface area contributed by atoms with E-state index >= 15 is 0 Å². The van der Waals surface area contributed by atoms with Crippen LogP contribution in [0.15, 0.2) is 30.3 Å². The van der Waals surface area contributed by atoms with Crippen molar-refractivity contribution in [3.8, 4) is 6.19 Å². The number of rotatable bonds is 8. The Morgan fingerprint density at radius 2 is 2.08 bits per heavy atom. The number of carbonyl (C=O) groups excluding carboxylic acids is 2. The molecule has 0 bridgehead atoms. The molecule has 0 heterocycles. The molecule has 1 atom stereocenters. The minimum Gasteiger partial charge on any atom is -0.450 e. The van der Waals surface area contributed by atoms with Crippen LogP contribution in [0, 0.1) is 17.4 Å². The van der Waals surface area contributed by atoms with Gasteiger partial charge in [0, 0.05) is 19.0 Å². The first-order valence-corrected chi connectivity index (χ1v) is 8.26. The van der Waals surface area contributed by atoms with E-state index in [4.69, 9.17) is 10.00 Å². The number of hydrogen-bond acceptors (Lipinski definition) is 4. The number of nitriles is 1. The molecule has 1 aliphatic carbocycles. The van der Waals surface area contributed by atoms with E-state index in [0.29, 0.717) is 19.4 Å². The average Bonchev–Trinajstić information content (AvgIpc) is 3.39. The van der Waals surface area contributed by atoms with E-state index in [0.717, 1.165) is 18.4 Å². The molecule has 0 spiro atoms. The topological polar surface area (TPSA) is 82.4 Å². The van der Waals surface area contributed by atoms with Crippen molar-refractivity contribution < 1.29 is 14.3 Å². The minimum atomic E-state index is -0.464. The van der Waals surface area contributed by atoms with Gasteiger partial charge in [0.25, 0.3) is 0 Å². The molecule has 1 aromatic rings. The predicted octanol–water partition coefficient (Wildman–Crippen LogP) is 2.80. The highest BCUT2D eigenvalue weighted by Gasteiger charge is 2.33. The molecule has 1 N–H and O–H groups in total. The maximum atomic E-state index is 12.0. The maximum absolute atomic E-state index is 12.0. The standard InChI is InChI=1S/C18H23N3O3/c1-14(11-17(22)21(13-19)16-7-8-16)9-10-24-18(23)20-12-15-5-3-2-4-6-15/h2-6,14,16H,7-12H2,1H3,(H,20,23). The average molecular weight is 329 g/mol. The van der Waals surface area contributed by atoms with Crippen molar-refractivity contribution in [3.63, 3.8) is 0 Å². The second-order valence-electron chi connectivity index (χ2n) is 6.17. The normalized spacial score (nSPS) is 14.3. The van der Waals surface area contributed by atoms with Crippen LogP contribution in [0.2, 0.25) is 0 Å². The van der Waals surface area contributed by atoms with Crippen LogP contribution in [0.1, 0.15) is 38.2 Å². The van der Waals surface area contributed by atoms with Gasteiger partial charge in [-0.3, -0.25) is 4.79 Å². The number of nitrogens with one attached hydrogen (secondary N) is 1. The molecule has 6 nitrogen and oxygen atoms in total. The van der Waals surface area contributed by atoms with E-state index in [1.165, 1.54) is 4.90 Å². The Bertz CT molecular complexity index is 593. The van der Waals surface area contributed by atoms with E-state index in [1.807, 2.05) is 43.4 Å². The van der Waals surface area contributed by atoms with Crippen molar-refractivity contribution in [1.82, 2.24) is 10.2 Å². The van der Waals surface area contributed by atoms with Crippen molar-refractivity contribution in [2.75, 3.05) is 6.61 Å². The highest BCUT2D eigenvalue weighted by molar-refractivity contribution is 5.78. The third kappa shape index (κ3) is 5.92. The first-order chi connectivity index (χ1) is 11.6. The largest absolute Gasteiger partial charge is 0.450 e. The van der Waals surface area contributed by atoms with Gasteiger partial charge in [-0.1, -0.05) is 37.3 Å². The van der Waals surface area contributed by atoms with E-state index in [9.17, 15) is 9.59 Å². The lowest BCUT2D eigenvalue weighted by molar-refractivity contribution is -0.129. The van der Waals surface area contributed by atoms with E-state index in [2.05, 4.69) is 5.32 Å². The van der Waals surface area contributed by atoms with Crippen LogP contribution >= 0.6 is 0 Å². The molecule has 6 heteroatoms. The predicted molar refractivity (Wildman–Crippen MR) is 88.5 cm³/mol. The number of ether oxygens (including phenoxy) is 1. The van der Waals surface area contributed by atoms with Crippen LogP contribution < -0.4 is 5.32 Å². The Balaban J connectivity index is 1.59. The summed E-state index contributed by atoms with van der Waals surface area (Å²) in [5.74, 6) is -0.0740. The summed E-state index contributed by atoms with van der Waals surface area (Å²) < 4.78 is 5.12.